The molecule has 1 N–H and O–H groups in total. The van der Waals surface area contributed by atoms with Crippen molar-refractivity contribution in [3.63, 3.8) is 0 Å². The number of hydrogen-bond acceptors (Lipinski definition) is 6. The van der Waals surface area contributed by atoms with Gasteiger partial charge in [-0.3, -0.25) is 4.79 Å². The lowest BCUT2D eigenvalue weighted by Gasteiger charge is -2.05. The van der Waals surface area contributed by atoms with Crippen LogP contribution in [0.2, 0.25) is 0 Å². The Morgan fingerprint density at radius 1 is 0.941 bits per heavy atom. The van der Waals surface area contributed by atoms with Crippen LogP contribution in [-0.4, -0.2) is 15.9 Å². The smallest absolute Gasteiger partial charge is 0.230 e. The van der Waals surface area contributed by atoms with E-state index in [1.807, 2.05) is 29.6 Å². The highest BCUT2D eigenvalue weighted by Crippen LogP contribution is 2.31. The summed E-state index contributed by atoms with van der Waals surface area (Å²) in [5.74, 6) is 0.809. The minimum Gasteiger partial charge on any atom is -0.326 e. The van der Waals surface area contributed by atoms with Gasteiger partial charge in [0.2, 0.25) is 5.91 Å². The fourth-order valence-electron chi connectivity index (χ4n) is 3.49. The lowest BCUT2D eigenvalue weighted by atomic mass is 10.2. The third kappa shape index (κ3) is 5.55. The van der Waals surface area contributed by atoms with E-state index >= 15 is 0 Å². The van der Waals surface area contributed by atoms with Crippen molar-refractivity contribution in [3.05, 3.63) is 94.5 Å². The number of thiazole rings is 2. The number of nitrogens with one attached hydrogen (secondary N) is 1. The van der Waals surface area contributed by atoms with Gasteiger partial charge in [-0.25, -0.2) is 9.97 Å². The number of anilines is 1. The normalized spacial score (nSPS) is 11.1. The number of aryl methyl sites for hydroxylation is 2. The van der Waals surface area contributed by atoms with Gasteiger partial charge in [0.15, 0.2) is 0 Å². The number of carbonyl (C=O) groups excluding carboxylic acids is 1. The Balaban J connectivity index is 1.16. The molecule has 7 heteroatoms. The van der Waals surface area contributed by atoms with E-state index in [1.165, 1.54) is 21.4 Å². The molecular weight excluding hydrogens is 479 g/mol. The quantitative estimate of drug-likeness (QED) is 0.234. The molecule has 0 bridgehead atoms. The van der Waals surface area contributed by atoms with Crippen molar-refractivity contribution in [2.75, 3.05) is 5.32 Å². The molecule has 0 radical (unpaired) electrons. The summed E-state index contributed by atoms with van der Waals surface area (Å²) in [6.45, 7) is 4.18. The SMILES string of the molecule is Cc1ccc(CSc2nc(CC(=O)Nc3ccc(-c4nc5ccc(C)cc5s4)cc3)cs2)cc1. The Hall–Kier alpha value is -3.00. The third-order valence-corrected chi connectivity index (χ3v) is 8.52. The lowest BCUT2D eigenvalue weighted by molar-refractivity contribution is -0.115. The molecule has 0 atom stereocenters. The molecule has 4 nitrogen and oxygen atoms in total. The predicted octanol–water partition coefficient (Wildman–Crippen LogP) is 7.51. The number of rotatable bonds is 7. The van der Waals surface area contributed by atoms with Crippen LogP contribution in [0.1, 0.15) is 22.4 Å². The number of amides is 1. The molecule has 5 rings (SSSR count). The molecule has 2 heterocycles. The first-order valence-electron chi connectivity index (χ1n) is 10.9. The maximum Gasteiger partial charge on any atom is 0.230 e. The van der Waals surface area contributed by atoms with Crippen molar-refractivity contribution >= 4 is 56.2 Å². The van der Waals surface area contributed by atoms with Gasteiger partial charge in [-0.1, -0.05) is 47.7 Å². The van der Waals surface area contributed by atoms with Gasteiger partial charge in [-0.05, 0) is 61.4 Å². The molecule has 0 aliphatic carbocycles. The van der Waals surface area contributed by atoms with Gasteiger partial charge in [0, 0.05) is 22.4 Å². The van der Waals surface area contributed by atoms with E-state index in [9.17, 15) is 4.79 Å². The van der Waals surface area contributed by atoms with Crippen molar-refractivity contribution in [3.8, 4) is 10.6 Å². The van der Waals surface area contributed by atoms with Crippen LogP contribution in [0.3, 0.4) is 0 Å². The van der Waals surface area contributed by atoms with Crippen molar-refractivity contribution in [1.29, 1.82) is 0 Å². The van der Waals surface area contributed by atoms with Crippen molar-refractivity contribution < 1.29 is 4.79 Å². The van der Waals surface area contributed by atoms with E-state index in [0.717, 1.165) is 37.6 Å². The zero-order valence-corrected chi connectivity index (χ0v) is 21.3. The van der Waals surface area contributed by atoms with Crippen LogP contribution in [-0.2, 0) is 17.0 Å². The summed E-state index contributed by atoms with van der Waals surface area (Å²) in [6, 6.07) is 22.7. The van der Waals surface area contributed by atoms with Gasteiger partial charge < -0.3 is 5.32 Å². The number of hydrogen-bond donors (Lipinski definition) is 1. The fourth-order valence-corrected chi connectivity index (χ4v) is 6.36. The van der Waals surface area contributed by atoms with E-state index in [2.05, 4.69) is 66.6 Å². The number of nitrogens with zero attached hydrogens (tertiary/aromatic N) is 2. The van der Waals surface area contributed by atoms with E-state index in [1.54, 1.807) is 34.4 Å². The Labute approximate surface area is 211 Å². The van der Waals surface area contributed by atoms with Crippen molar-refractivity contribution in [1.82, 2.24) is 9.97 Å². The van der Waals surface area contributed by atoms with Gasteiger partial charge in [-0.2, -0.15) is 0 Å². The molecule has 0 spiro atoms. The molecule has 0 saturated heterocycles. The zero-order chi connectivity index (χ0) is 23.5. The molecule has 1 amide bonds. The van der Waals surface area contributed by atoms with Crippen molar-refractivity contribution in [2.24, 2.45) is 0 Å². The second-order valence-electron chi connectivity index (χ2n) is 8.17. The van der Waals surface area contributed by atoms with Gasteiger partial charge in [-0.15, -0.1) is 22.7 Å². The van der Waals surface area contributed by atoms with Crippen molar-refractivity contribution in [2.45, 2.75) is 30.4 Å². The van der Waals surface area contributed by atoms with Gasteiger partial charge in [0.25, 0.3) is 0 Å². The number of thioether (sulfide) groups is 1. The van der Waals surface area contributed by atoms with E-state index in [-0.39, 0.29) is 12.3 Å². The van der Waals surface area contributed by atoms with E-state index < -0.39 is 0 Å². The summed E-state index contributed by atoms with van der Waals surface area (Å²) in [7, 11) is 0. The molecule has 0 saturated carbocycles. The molecule has 0 fully saturated rings. The first-order valence-corrected chi connectivity index (χ1v) is 13.6. The van der Waals surface area contributed by atoms with Gasteiger partial charge in [0.05, 0.1) is 22.3 Å². The molecular formula is C27H23N3OS3. The van der Waals surface area contributed by atoms with Crippen LogP contribution < -0.4 is 5.32 Å². The zero-order valence-electron chi connectivity index (χ0n) is 18.9. The average Bonchev–Trinajstić information content (AvgIpc) is 3.45. The van der Waals surface area contributed by atoms with Crippen LogP contribution in [0.15, 0.2) is 76.4 Å². The molecule has 0 aliphatic heterocycles. The maximum absolute atomic E-state index is 12.5. The molecule has 5 aromatic rings. The summed E-state index contributed by atoms with van der Waals surface area (Å²) in [5, 5.41) is 5.93. The van der Waals surface area contributed by atoms with Gasteiger partial charge in [0.1, 0.15) is 9.35 Å². The van der Waals surface area contributed by atoms with Crippen LogP contribution in [0.5, 0.6) is 0 Å². The monoisotopic (exact) mass is 501 g/mol. The molecule has 2 aromatic heterocycles. The minimum absolute atomic E-state index is 0.0661. The average molecular weight is 502 g/mol. The van der Waals surface area contributed by atoms with Crippen LogP contribution in [0.4, 0.5) is 5.69 Å². The standard InChI is InChI=1S/C27H23N3OS3/c1-17-3-6-19(7-4-17)15-32-27-29-22(16-33-27)14-25(31)28-21-10-8-20(9-11-21)26-30-23-12-5-18(2)13-24(23)34-26/h3-13,16H,14-15H2,1-2H3,(H,28,31). The maximum atomic E-state index is 12.5. The first kappa shape index (κ1) is 22.8. The van der Waals surface area contributed by atoms with Crippen LogP contribution in [0.25, 0.3) is 20.8 Å². The lowest BCUT2D eigenvalue weighted by Crippen LogP contribution is -2.14. The molecule has 3 aromatic carbocycles. The Bertz CT molecular complexity index is 1440. The summed E-state index contributed by atoms with van der Waals surface area (Å²) in [6.07, 6.45) is 0.264. The third-order valence-electron chi connectivity index (χ3n) is 5.31. The number of aromatic nitrogens is 2. The second-order valence-corrected chi connectivity index (χ2v) is 11.3. The number of carbonyl (C=O) groups is 1. The summed E-state index contributed by atoms with van der Waals surface area (Å²) in [4.78, 5) is 21.9. The summed E-state index contributed by atoms with van der Waals surface area (Å²) < 4.78 is 2.17. The Kier molecular flexibility index (Phi) is 6.76. The highest BCUT2D eigenvalue weighted by Gasteiger charge is 2.10. The largest absolute Gasteiger partial charge is 0.326 e. The number of fused-ring (bicyclic) bond motifs is 1. The minimum atomic E-state index is -0.0661. The summed E-state index contributed by atoms with van der Waals surface area (Å²) in [5.41, 5.74) is 7.41. The Morgan fingerprint density at radius 3 is 2.50 bits per heavy atom. The fraction of sp³-hybridized carbons (Fsp3) is 0.148. The molecule has 170 valence electrons. The molecule has 34 heavy (non-hydrogen) atoms. The highest BCUT2D eigenvalue weighted by molar-refractivity contribution is 8.00. The second kappa shape index (κ2) is 10.1. The molecule has 0 aliphatic rings. The number of benzene rings is 3. The topological polar surface area (TPSA) is 54.9 Å². The predicted molar refractivity (Wildman–Crippen MR) is 145 cm³/mol. The highest BCUT2D eigenvalue weighted by atomic mass is 32.2. The van der Waals surface area contributed by atoms with Gasteiger partial charge >= 0.3 is 0 Å². The van der Waals surface area contributed by atoms with Crippen LogP contribution >= 0.6 is 34.4 Å². The Morgan fingerprint density at radius 2 is 1.71 bits per heavy atom. The summed E-state index contributed by atoms with van der Waals surface area (Å²) >= 11 is 4.98. The van der Waals surface area contributed by atoms with E-state index in [4.69, 9.17) is 4.98 Å². The van der Waals surface area contributed by atoms with E-state index in [0.29, 0.717) is 0 Å². The molecule has 0 unspecified atom stereocenters. The van der Waals surface area contributed by atoms with Crippen LogP contribution in [0, 0.1) is 13.8 Å². The first-order chi connectivity index (χ1) is 16.5.